The first-order valence-corrected chi connectivity index (χ1v) is 11.8. The van der Waals surface area contributed by atoms with Crippen LogP contribution in [0.3, 0.4) is 0 Å². The van der Waals surface area contributed by atoms with Crippen LogP contribution < -0.4 is 10.2 Å². The van der Waals surface area contributed by atoms with E-state index >= 15 is 0 Å². The fourth-order valence-electron chi connectivity index (χ4n) is 5.88. The number of nitrogens with one attached hydrogen (secondary N) is 1. The van der Waals surface area contributed by atoms with E-state index < -0.39 is 6.04 Å². The molecular formula is C24H30N4O4. The van der Waals surface area contributed by atoms with E-state index in [2.05, 4.69) is 16.3 Å². The third-order valence-electron chi connectivity index (χ3n) is 7.80. The zero-order valence-electron chi connectivity index (χ0n) is 18.3. The van der Waals surface area contributed by atoms with Gasteiger partial charge in [-0.3, -0.25) is 24.5 Å². The molecule has 1 N–H and O–H groups in total. The van der Waals surface area contributed by atoms with Gasteiger partial charge in [-0.15, -0.1) is 0 Å². The second-order valence-electron chi connectivity index (χ2n) is 9.54. The summed E-state index contributed by atoms with van der Waals surface area (Å²) in [6.07, 6.45) is 6.16. The van der Waals surface area contributed by atoms with Gasteiger partial charge in [0.15, 0.2) is 0 Å². The number of piperidine rings is 3. The highest BCUT2D eigenvalue weighted by molar-refractivity contribution is 6.05. The Hall–Kier alpha value is -2.90. The van der Waals surface area contributed by atoms with Crippen molar-refractivity contribution in [2.24, 2.45) is 11.8 Å². The zero-order valence-corrected chi connectivity index (χ0v) is 18.3. The number of hydrogen-bond acceptors (Lipinski definition) is 5. The summed E-state index contributed by atoms with van der Waals surface area (Å²) in [5, 5.41) is 2.35. The van der Waals surface area contributed by atoms with E-state index in [1.54, 1.807) is 4.90 Å². The summed E-state index contributed by atoms with van der Waals surface area (Å²) in [6.45, 7) is 4.19. The molecule has 8 heteroatoms. The second-order valence-corrected chi connectivity index (χ2v) is 9.54. The largest absolute Gasteiger partial charge is 0.372 e. The standard InChI is InChI=1S/C24H30N4O4/c29-15-26-9-5-16(6-10-26)17-7-11-27(12-8-17)19-1-2-20-18(13-19)14-28(24(20)32)21-3-4-22(30)25-23(21)31/h1-2,13,15-17,21H,3-12,14H2,(H,25,30,31). The Labute approximate surface area is 187 Å². The van der Waals surface area contributed by atoms with Crippen LogP contribution in [-0.2, 0) is 20.9 Å². The number of likely N-dealkylation sites (tertiary alicyclic amines) is 1. The van der Waals surface area contributed by atoms with Crippen molar-refractivity contribution in [3.63, 3.8) is 0 Å². The molecule has 0 saturated carbocycles. The van der Waals surface area contributed by atoms with Gasteiger partial charge in [-0.2, -0.15) is 0 Å². The van der Waals surface area contributed by atoms with Crippen LogP contribution in [0.25, 0.3) is 0 Å². The average Bonchev–Trinajstić information content (AvgIpc) is 3.15. The van der Waals surface area contributed by atoms with Crippen molar-refractivity contribution >= 4 is 29.8 Å². The summed E-state index contributed by atoms with van der Waals surface area (Å²) in [4.78, 5) is 53.4. The summed E-state index contributed by atoms with van der Waals surface area (Å²) in [7, 11) is 0. The highest BCUT2D eigenvalue weighted by Crippen LogP contribution is 2.35. The molecule has 170 valence electrons. The molecule has 32 heavy (non-hydrogen) atoms. The van der Waals surface area contributed by atoms with Crippen LogP contribution in [0.15, 0.2) is 18.2 Å². The first kappa shape index (κ1) is 21.0. The van der Waals surface area contributed by atoms with Crippen LogP contribution in [0.5, 0.6) is 0 Å². The normalized spacial score (nSPS) is 25.2. The quantitative estimate of drug-likeness (QED) is 0.569. The predicted molar refractivity (Wildman–Crippen MR) is 118 cm³/mol. The lowest BCUT2D eigenvalue weighted by Crippen LogP contribution is -2.52. The van der Waals surface area contributed by atoms with Crippen molar-refractivity contribution in [1.82, 2.24) is 15.1 Å². The lowest BCUT2D eigenvalue weighted by Gasteiger charge is -2.40. The van der Waals surface area contributed by atoms with Crippen LogP contribution in [-0.4, -0.2) is 66.2 Å². The maximum Gasteiger partial charge on any atom is 0.255 e. The third kappa shape index (κ3) is 3.87. The Kier molecular flexibility index (Phi) is 5.61. The van der Waals surface area contributed by atoms with E-state index in [9.17, 15) is 19.2 Å². The van der Waals surface area contributed by atoms with Crippen molar-refractivity contribution in [2.75, 3.05) is 31.1 Å². The molecule has 0 bridgehead atoms. The number of rotatable bonds is 4. The molecule has 3 fully saturated rings. The third-order valence-corrected chi connectivity index (χ3v) is 7.80. The summed E-state index contributed by atoms with van der Waals surface area (Å²) in [6, 6.07) is 5.44. The minimum atomic E-state index is -0.572. The van der Waals surface area contributed by atoms with Crippen molar-refractivity contribution < 1.29 is 19.2 Å². The molecule has 4 amide bonds. The highest BCUT2D eigenvalue weighted by atomic mass is 16.2. The fourth-order valence-corrected chi connectivity index (χ4v) is 5.88. The summed E-state index contributed by atoms with van der Waals surface area (Å²) in [5.74, 6) is 0.674. The van der Waals surface area contributed by atoms with Crippen molar-refractivity contribution in [1.29, 1.82) is 0 Å². The van der Waals surface area contributed by atoms with Gasteiger partial charge in [-0.05, 0) is 67.7 Å². The lowest BCUT2D eigenvalue weighted by molar-refractivity contribution is -0.137. The SMILES string of the molecule is O=CN1CCC(C2CCN(c3ccc4c(c3)CN(C3CCC(=O)NC3=O)C4=O)CC2)CC1. The lowest BCUT2D eigenvalue weighted by atomic mass is 9.79. The van der Waals surface area contributed by atoms with Gasteiger partial charge in [0.1, 0.15) is 6.04 Å². The highest BCUT2D eigenvalue weighted by Gasteiger charge is 2.39. The first-order chi connectivity index (χ1) is 15.5. The monoisotopic (exact) mass is 438 g/mol. The number of nitrogens with zero attached hydrogens (tertiary/aromatic N) is 3. The number of benzene rings is 1. The van der Waals surface area contributed by atoms with Gasteiger partial charge in [0, 0.05) is 50.4 Å². The number of carbonyl (C=O) groups excluding carboxylic acids is 4. The molecule has 3 saturated heterocycles. The van der Waals surface area contributed by atoms with Crippen molar-refractivity contribution in [3.05, 3.63) is 29.3 Å². The number of carbonyl (C=O) groups is 4. The van der Waals surface area contributed by atoms with Crippen LogP contribution in [0, 0.1) is 11.8 Å². The molecular weight excluding hydrogens is 408 g/mol. The van der Waals surface area contributed by atoms with E-state index in [-0.39, 0.29) is 24.1 Å². The van der Waals surface area contributed by atoms with Crippen LogP contribution in [0.4, 0.5) is 5.69 Å². The zero-order chi connectivity index (χ0) is 22.2. The van der Waals surface area contributed by atoms with Gasteiger partial charge in [-0.25, -0.2) is 0 Å². The van der Waals surface area contributed by atoms with Gasteiger partial charge in [0.2, 0.25) is 18.2 Å². The molecule has 1 aromatic carbocycles. The molecule has 4 aliphatic heterocycles. The molecule has 4 heterocycles. The minimum absolute atomic E-state index is 0.124. The number of amides is 4. The van der Waals surface area contributed by atoms with E-state index in [1.165, 1.54) is 0 Å². The Morgan fingerprint density at radius 3 is 2.25 bits per heavy atom. The van der Waals surface area contributed by atoms with Gasteiger partial charge >= 0.3 is 0 Å². The maximum atomic E-state index is 12.9. The number of fused-ring (bicyclic) bond motifs is 1. The second kappa shape index (κ2) is 8.56. The maximum absolute atomic E-state index is 12.9. The van der Waals surface area contributed by atoms with Crippen molar-refractivity contribution in [2.45, 2.75) is 51.1 Å². The molecule has 1 atom stereocenters. The Morgan fingerprint density at radius 1 is 0.906 bits per heavy atom. The van der Waals surface area contributed by atoms with Crippen molar-refractivity contribution in [3.8, 4) is 0 Å². The fraction of sp³-hybridized carbons (Fsp3) is 0.583. The first-order valence-electron chi connectivity index (χ1n) is 11.8. The summed E-state index contributed by atoms with van der Waals surface area (Å²) < 4.78 is 0. The topological polar surface area (TPSA) is 90.0 Å². The van der Waals surface area contributed by atoms with Gasteiger partial charge in [-0.1, -0.05) is 0 Å². The minimum Gasteiger partial charge on any atom is -0.372 e. The Bertz CT molecular complexity index is 932. The molecule has 0 radical (unpaired) electrons. The molecule has 0 aromatic heterocycles. The molecule has 8 nitrogen and oxygen atoms in total. The van der Waals surface area contributed by atoms with E-state index in [1.807, 2.05) is 17.0 Å². The molecule has 0 spiro atoms. The average molecular weight is 439 g/mol. The molecule has 1 aromatic rings. The predicted octanol–water partition coefficient (Wildman–Crippen LogP) is 1.53. The van der Waals surface area contributed by atoms with Crippen LogP contribution in [0.2, 0.25) is 0 Å². The van der Waals surface area contributed by atoms with E-state index in [0.717, 1.165) is 75.4 Å². The number of hydrogen-bond donors (Lipinski definition) is 1. The molecule has 4 aliphatic rings. The number of imide groups is 1. The summed E-state index contributed by atoms with van der Waals surface area (Å²) in [5.41, 5.74) is 2.76. The Balaban J connectivity index is 1.21. The van der Waals surface area contributed by atoms with Crippen LogP contribution in [0.1, 0.15) is 54.4 Å². The molecule has 1 unspecified atom stereocenters. The number of anilines is 1. The smallest absolute Gasteiger partial charge is 0.255 e. The van der Waals surface area contributed by atoms with Gasteiger partial charge < -0.3 is 14.7 Å². The van der Waals surface area contributed by atoms with Crippen LogP contribution >= 0.6 is 0 Å². The summed E-state index contributed by atoms with van der Waals surface area (Å²) >= 11 is 0. The van der Waals surface area contributed by atoms with E-state index in [4.69, 9.17) is 0 Å². The van der Waals surface area contributed by atoms with Gasteiger partial charge in [0.05, 0.1) is 0 Å². The molecule has 5 rings (SSSR count). The van der Waals surface area contributed by atoms with E-state index in [0.29, 0.717) is 24.4 Å². The Morgan fingerprint density at radius 2 is 1.59 bits per heavy atom. The molecule has 0 aliphatic carbocycles. The van der Waals surface area contributed by atoms with Gasteiger partial charge in [0.25, 0.3) is 5.91 Å².